The summed E-state index contributed by atoms with van der Waals surface area (Å²) in [6.07, 6.45) is 1.82. The van der Waals surface area contributed by atoms with Crippen LogP contribution in [0.5, 0.6) is 0 Å². The summed E-state index contributed by atoms with van der Waals surface area (Å²) in [4.78, 5) is 33.2. The van der Waals surface area contributed by atoms with Crippen molar-refractivity contribution in [2.24, 2.45) is 10.9 Å². The molecule has 0 saturated heterocycles. The molecule has 1 aromatic heterocycles. The number of hydrogen-bond acceptors (Lipinski definition) is 4. The van der Waals surface area contributed by atoms with Crippen LogP contribution in [0.3, 0.4) is 0 Å². The number of thioether (sulfide) groups is 1. The van der Waals surface area contributed by atoms with Gasteiger partial charge < -0.3 is 10.3 Å². The van der Waals surface area contributed by atoms with Crippen molar-refractivity contribution in [3.8, 4) is 11.3 Å². The van der Waals surface area contributed by atoms with Crippen molar-refractivity contribution in [3.63, 3.8) is 0 Å². The van der Waals surface area contributed by atoms with Gasteiger partial charge in [0.05, 0.1) is 5.56 Å². The highest BCUT2D eigenvalue weighted by Gasteiger charge is 2.49. The van der Waals surface area contributed by atoms with Crippen LogP contribution in [0.4, 0.5) is 4.39 Å². The second-order valence-electron chi connectivity index (χ2n) is 7.29. The van der Waals surface area contributed by atoms with Gasteiger partial charge in [-0.2, -0.15) is 0 Å². The summed E-state index contributed by atoms with van der Waals surface area (Å²) >= 11 is 1.33. The van der Waals surface area contributed by atoms with E-state index in [9.17, 15) is 14.0 Å². The molecule has 1 atom stereocenters. The maximum atomic E-state index is 14.1. The normalized spacial score (nSPS) is 18.9. The molecule has 1 amide bonds. The molecule has 1 aliphatic rings. The number of fused-ring (bicyclic) bond motifs is 1. The quantitative estimate of drug-likeness (QED) is 0.686. The Kier molecular flexibility index (Phi) is 4.78. The number of hydrogen-bond donors (Lipinski definition) is 2. The monoisotopic (exact) mass is 409 g/mol. The van der Waals surface area contributed by atoms with E-state index in [0.29, 0.717) is 27.4 Å². The Labute approximate surface area is 171 Å². The fourth-order valence-electron chi connectivity index (χ4n) is 3.76. The van der Waals surface area contributed by atoms with Crippen LogP contribution in [0.2, 0.25) is 0 Å². The molecule has 0 radical (unpaired) electrons. The Morgan fingerprint density at radius 3 is 2.55 bits per heavy atom. The summed E-state index contributed by atoms with van der Waals surface area (Å²) in [6, 6.07) is 13.6. The van der Waals surface area contributed by atoms with Crippen LogP contribution in [0.15, 0.2) is 58.3 Å². The van der Waals surface area contributed by atoms with Crippen LogP contribution in [0, 0.1) is 11.7 Å². The molecule has 3 aromatic rings. The lowest BCUT2D eigenvalue weighted by Crippen LogP contribution is -2.44. The first kappa shape index (κ1) is 19.4. The highest BCUT2D eigenvalue weighted by molar-refractivity contribution is 8.13. The van der Waals surface area contributed by atoms with Gasteiger partial charge in [0.1, 0.15) is 5.82 Å². The topological polar surface area (TPSA) is 74.3 Å². The molecule has 2 aromatic carbocycles. The lowest BCUT2D eigenvalue weighted by molar-refractivity contribution is -0.125. The molecule has 2 N–H and O–H groups in total. The second-order valence-corrected chi connectivity index (χ2v) is 8.08. The van der Waals surface area contributed by atoms with Crippen LogP contribution in [0.25, 0.3) is 22.0 Å². The number of aromatic amines is 1. The van der Waals surface area contributed by atoms with E-state index in [4.69, 9.17) is 0 Å². The lowest BCUT2D eigenvalue weighted by Gasteiger charge is -2.27. The van der Waals surface area contributed by atoms with Gasteiger partial charge in [-0.3, -0.25) is 9.59 Å². The summed E-state index contributed by atoms with van der Waals surface area (Å²) in [6.45, 7) is 3.73. The number of halogens is 1. The predicted molar refractivity (Wildman–Crippen MR) is 116 cm³/mol. The van der Waals surface area contributed by atoms with Crippen molar-refractivity contribution < 1.29 is 9.18 Å². The Bertz CT molecular complexity index is 1220. The second kappa shape index (κ2) is 7.15. The van der Waals surface area contributed by atoms with Crippen molar-refractivity contribution in [3.05, 3.63) is 70.3 Å². The number of rotatable bonds is 3. The van der Waals surface area contributed by atoms with Crippen molar-refractivity contribution in [2.45, 2.75) is 19.4 Å². The summed E-state index contributed by atoms with van der Waals surface area (Å²) in [5.41, 5.74) is -0.111. The van der Waals surface area contributed by atoms with Crippen LogP contribution >= 0.6 is 11.8 Å². The van der Waals surface area contributed by atoms with E-state index in [-0.39, 0.29) is 23.2 Å². The van der Waals surface area contributed by atoms with Gasteiger partial charge in [-0.25, -0.2) is 9.38 Å². The summed E-state index contributed by atoms with van der Waals surface area (Å²) in [7, 11) is 0. The van der Waals surface area contributed by atoms with Crippen LogP contribution < -0.4 is 10.9 Å². The Morgan fingerprint density at radius 1 is 1.10 bits per heavy atom. The van der Waals surface area contributed by atoms with E-state index < -0.39 is 5.54 Å². The number of pyridine rings is 1. The zero-order valence-corrected chi connectivity index (χ0v) is 17.1. The number of amidine groups is 1. The van der Waals surface area contributed by atoms with E-state index in [0.717, 1.165) is 5.39 Å². The average Bonchev–Trinajstić information content (AvgIpc) is 3.05. The fourth-order valence-corrected chi connectivity index (χ4v) is 4.19. The first-order valence-corrected chi connectivity index (χ1v) is 10.5. The van der Waals surface area contributed by atoms with E-state index >= 15 is 0 Å². The summed E-state index contributed by atoms with van der Waals surface area (Å²) in [5.74, 6) is -0.833. The van der Waals surface area contributed by atoms with Gasteiger partial charge in [-0.1, -0.05) is 49.9 Å². The minimum absolute atomic E-state index is 0.214. The number of carbonyl (C=O) groups is 1. The first-order valence-electron chi connectivity index (χ1n) is 9.24. The maximum Gasteiger partial charge on any atom is 0.259 e. The van der Waals surface area contributed by atoms with Crippen molar-refractivity contribution in [2.75, 3.05) is 6.26 Å². The number of nitrogens with one attached hydrogen (secondary N) is 2. The molecule has 5 nitrogen and oxygen atoms in total. The number of benzene rings is 2. The third-order valence-corrected chi connectivity index (χ3v) is 5.91. The van der Waals surface area contributed by atoms with Crippen LogP contribution in [-0.4, -0.2) is 22.3 Å². The Hall–Kier alpha value is -2.93. The largest absolute Gasteiger partial charge is 0.322 e. The molecule has 148 valence electrons. The number of aromatic nitrogens is 1. The number of nitrogens with zero attached hydrogens (tertiary/aromatic N) is 1. The molecule has 1 aliphatic heterocycles. The molecule has 0 fully saturated rings. The Morgan fingerprint density at radius 2 is 1.90 bits per heavy atom. The highest BCUT2D eigenvalue weighted by atomic mass is 32.2. The predicted octanol–water partition coefficient (Wildman–Crippen LogP) is 4.03. The van der Waals surface area contributed by atoms with Gasteiger partial charge in [0.15, 0.2) is 10.7 Å². The number of aliphatic imine (C=N–C) groups is 1. The van der Waals surface area contributed by atoms with Gasteiger partial charge in [-0.15, -0.1) is 0 Å². The van der Waals surface area contributed by atoms with Crippen molar-refractivity contribution >= 4 is 33.6 Å². The standard InChI is InChI=1S/C22H20FN3O2S/c1-12(2)22(20(28)25-21(26-22)29-3)16-9-10-18(24-19(16)27)14-8-7-13-5-4-6-17(23)15(13)11-14/h4-12H,1-3H3,(H,24,27)(H,25,26,28). The molecule has 0 spiro atoms. The fraction of sp³-hybridized carbons (Fsp3) is 0.227. The first-order chi connectivity index (χ1) is 13.9. The van der Waals surface area contributed by atoms with Gasteiger partial charge in [0, 0.05) is 11.1 Å². The van der Waals surface area contributed by atoms with Gasteiger partial charge in [-0.05, 0) is 47.4 Å². The van der Waals surface area contributed by atoms with Crippen molar-refractivity contribution in [1.82, 2.24) is 10.3 Å². The van der Waals surface area contributed by atoms with E-state index in [2.05, 4.69) is 15.3 Å². The third kappa shape index (κ3) is 3.06. The van der Waals surface area contributed by atoms with Gasteiger partial charge in [0.2, 0.25) is 0 Å². The molecule has 0 aliphatic carbocycles. The van der Waals surface area contributed by atoms with Gasteiger partial charge in [0.25, 0.3) is 11.5 Å². The minimum atomic E-state index is -1.26. The highest BCUT2D eigenvalue weighted by Crippen LogP contribution is 2.37. The SMILES string of the molecule is CSC1=NC(c2ccc(-c3ccc4cccc(F)c4c3)[nH]c2=O)(C(C)C)C(=O)N1. The van der Waals surface area contributed by atoms with E-state index in [1.165, 1.54) is 17.8 Å². The molecule has 7 heteroatoms. The summed E-state index contributed by atoms with van der Waals surface area (Å²) in [5, 5.41) is 4.52. The summed E-state index contributed by atoms with van der Waals surface area (Å²) < 4.78 is 14.1. The van der Waals surface area contributed by atoms with E-state index in [1.54, 1.807) is 24.3 Å². The molecule has 2 heterocycles. The molecule has 29 heavy (non-hydrogen) atoms. The van der Waals surface area contributed by atoms with Gasteiger partial charge >= 0.3 is 0 Å². The average molecular weight is 409 g/mol. The number of H-pyrrole nitrogens is 1. The smallest absolute Gasteiger partial charge is 0.259 e. The molecular formula is C22H20FN3O2S. The van der Waals surface area contributed by atoms with Crippen LogP contribution in [0.1, 0.15) is 19.4 Å². The zero-order valence-electron chi connectivity index (χ0n) is 16.2. The number of amides is 1. The Balaban J connectivity index is 1.83. The zero-order chi connectivity index (χ0) is 20.8. The maximum absolute atomic E-state index is 14.1. The lowest BCUT2D eigenvalue weighted by atomic mass is 9.80. The van der Waals surface area contributed by atoms with Crippen LogP contribution in [-0.2, 0) is 10.3 Å². The molecular weight excluding hydrogens is 389 g/mol. The molecule has 0 saturated carbocycles. The van der Waals surface area contributed by atoms with E-state index in [1.807, 2.05) is 38.3 Å². The molecule has 1 unspecified atom stereocenters. The third-order valence-electron chi connectivity index (χ3n) is 5.33. The number of carbonyl (C=O) groups excluding carboxylic acids is 1. The minimum Gasteiger partial charge on any atom is -0.322 e. The molecule has 4 rings (SSSR count). The molecule has 0 bridgehead atoms. The van der Waals surface area contributed by atoms with Crippen molar-refractivity contribution in [1.29, 1.82) is 0 Å².